The number of carbonyl (C=O) groups is 1. The van der Waals surface area contributed by atoms with Crippen molar-refractivity contribution in [2.75, 3.05) is 17.7 Å². The number of anilines is 2. The van der Waals surface area contributed by atoms with Crippen molar-refractivity contribution < 1.29 is 13.9 Å². The summed E-state index contributed by atoms with van der Waals surface area (Å²) in [6.45, 7) is 2.34. The summed E-state index contributed by atoms with van der Waals surface area (Å²) in [5.41, 5.74) is 2.66. The molecular formula is C20H19FN4O2. The molecule has 0 aliphatic heterocycles. The molecule has 0 aliphatic rings. The number of aromatic nitrogens is 2. The first kappa shape index (κ1) is 18.3. The molecule has 1 aromatic heterocycles. The summed E-state index contributed by atoms with van der Waals surface area (Å²) in [4.78, 5) is 20.9. The number of nitrogens with one attached hydrogen (secondary N) is 2. The summed E-state index contributed by atoms with van der Waals surface area (Å²) in [6, 6.07) is 13.2. The van der Waals surface area contributed by atoms with E-state index in [2.05, 4.69) is 20.6 Å². The molecule has 0 aliphatic carbocycles. The van der Waals surface area contributed by atoms with Crippen LogP contribution in [0.25, 0.3) is 0 Å². The van der Waals surface area contributed by atoms with E-state index in [-0.39, 0.29) is 17.4 Å². The summed E-state index contributed by atoms with van der Waals surface area (Å²) < 4.78 is 18.2. The SMILES string of the molecule is COc1ccc(C)cc1NC(=O)c1ccnc(NCc2ccc(F)cc2)n1. The summed E-state index contributed by atoms with van der Waals surface area (Å²) in [5.74, 6) is 0.215. The number of nitrogens with zero attached hydrogens (tertiary/aromatic N) is 2. The normalized spacial score (nSPS) is 10.3. The van der Waals surface area contributed by atoms with E-state index in [0.29, 0.717) is 23.9 Å². The fourth-order valence-corrected chi connectivity index (χ4v) is 2.46. The Labute approximate surface area is 156 Å². The zero-order valence-electron chi connectivity index (χ0n) is 15.0. The van der Waals surface area contributed by atoms with Gasteiger partial charge in [-0.05, 0) is 48.4 Å². The highest BCUT2D eigenvalue weighted by molar-refractivity contribution is 6.03. The number of hydrogen-bond donors (Lipinski definition) is 2. The van der Waals surface area contributed by atoms with Crippen molar-refractivity contribution in [2.24, 2.45) is 0 Å². The Hall–Kier alpha value is -3.48. The van der Waals surface area contributed by atoms with E-state index >= 15 is 0 Å². The fourth-order valence-electron chi connectivity index (χ4n) is 2.46. The Morgan fingerprint density at radius 1 is 1.15 bits per heavy atom. The van der Waals surface area contributed by atoms with Crippen molar-refractivity contribution in [3.8, 4) is 5.75 Å². The van der Waals surface area contributed by atoms with Crippen molar-refractivity contribution in [2.45, 2.75) is 13.5 Å². The van der Waals surface area contributed by atoms with Crippen molar-refractivity contribution in [3.63, 3.8) is 0 Å². The molecule has 0 saturated carbocycles. The van der Waals surface area contributed by atoms with Crippen LogP contribution in [0.1, 0.15) is 21.6 Å². The average Bonchev–Trinajstić information content (AvgIpc) is 2.68. The quantitative estimate of drug-likeness (QED) is 0.694. The number of rotatable bonds is 6. The van der Waals surface area contributed by atoms with E-state index in [1.54, 1.807) is 25.3 Å². The Balaban J connectivity index is 1.70. The van der Waals surface area contributed by atoms with E-state index in [9.17, 15) is 9.18 Å². The molecule has 0 radical (unpaired) electrons. The van der Waals surface area contributed by atoms with Gasteiger partial charge >= 0.3 is 0 Å². The van der Waals surface area contributed by atoms with Gasteiger partial charge in [-0.1, -0.05) is 18.2 Å². The van der Waals surface area contributed by atoms with Gasteiger partial charge < -0.3 is 15.4 Å². The zero-order valence-corrected chi connectivity index (χ0v) is 15.0. The summed E-state index contributed by atoms with van der Waals surface area (Å²) >= 11 is 0. The lowest BCUT2D eigenvalue weighted by Gasteiger charge is -2.11. The lowest BCUT2D eigenvalue weighted by atomic mass is 10.2. The molecule has 138 valence electrons. The molecule has 0 atom stereocenters. The lowest BCUT2D eigenvalue weighted by molar-refractivity contribution is 0.102. The van der Waals surface area contributed by atoms with Gasteiger partial charge in [0.15, 0.2) is 0 Å². The smallest absolute Gasteiger partial charge is 0.274 e. The number of hydrogen-bond acceptors (Lipinski definition) is 5. The van der Waals surface area contributed by atoms with E-state index in [0.717, 1.165) is 11.1 Å². The Kier molecular flexibility index (Phi) is 5.61. The Morgan fingerprint density at radius 3 is 2.67 bits per heavy atom. The molecule has 6 nitrogen and oxygen atoms in total. The number of benzene rings is 2. The number of halogens is 1. The van der Waals surface area contributed by atoms with Crippen molar-refractivity contribution in [1.82, 2.24) is 9.97 Å². The largest absolute Gasteiger partial charge is 0.495 e. The minimum absolute atomic E-state index is 0.218. The molecule has 0 spiro atoms. The molecule has 0 bridgehead atoms. The first-order valence-electron chi connectivity index (χ1n) is 8.32. The molecule has 1 amide bonds. The van der Waals surface area contributed by atoms with Crippen LogP contribution in [0.15, 0.2) is 54.7 Å². The number of carbonyl (C=O) groups excluding carboxylic acids is 1. The van der Waals surface area contributed by atoms with Gasteiger partial charge in [-0.15, -0.1) is 0 Å². The van der Waals surface area contributed by atoms with Crippen LogP contribution in [0.2, 0.25) is 0 Å². The van der Waals surface area contributed by atoms with E-state index in [1.807, 2.05) is 19.1 Å². The van der Waals surface area contributed by atoms with Gasteiger partial charge in [0, 0.05) is 12.7 Å². The molecule has 7 heteroatoms. The van der Waals surface area contributed by atoms with Gasteiger partial charge in [0.2, 0.25) is 5.95 Å². The highest BCUT2D eigenvalue weighted by Gasteiger charge is 2.12. The average molecular weight is 366 g/mol. The van der Waals surface area contributed by atoms with Gasteiger partial charge in [-0.25, -0.2) is 14.4 Å². The number of ether oxygens (including phenoxy) is 1. The van der Waals surface area contributed by atoms with Crippen LogP contribution in [0, 0.1) is 12.7 Å². The highest BCUT2D eigenvalue weighted by Crippen LogP contribution is 2.25. The second-order valence-corrected chi connectivity index (χ2v) is 5.90. The van der Waals surface area contributed by atoms with E-state index < -0.39 is 0 Å². The maximum absolute atomic E-state index is 13.0. The Morgan fingerprint density at radius 2 is 1.93 bits per heavy atom. The molecule has 0 saturated heterocycles. The van der Waals surface area contributed by atoms with Gasteiger partial charge in [0.1, 0.15) is 17.3 Å². The predicted molar refractivity (Wildman–Crippen MR) is 101 cm³/mol. The maximum atomic E-state index is 13.0. The number of methoxy groups -OCH3 is 1. The zero-order chi connectivity index (χ0) is 19.2. The van der Waals surface area contributed by atoms with Gasteiger partial charge in [0.05, 0.1) is 12.8 Å². The monoisotopic (exact) mass is 366 g/mol. The van der Waals surface area contributed by atoms with E-state index in [1.165, 1.54) is 24.4 Å². The fraction of sp³-hybridized carbons (Fsp3) is 0.150. The molecule has 27 heavy (non-hydrogen) atoms. The second-order valence-electron chi connectivity index (χ2n) is 5.90. The van der Waals surface area contributed by atoms with E-state index in [4.69, 9.17) is 4.74 Å². The minimum atomic E-state index is -0.369. The van der Waals surface area contributed by atoms with Crippen LogP contribution in [-0.2, 0) is 6.54 Å². The lowest BCUT2D eigenvalue weighted by Crippen LogP contribution is -2.16. The van der Waals surface area contributed by atoms with Crippen molar-refractivity contribution in [1.29, 1.82) is 0 Å². The Bertz CT molecular complexity index is 945. The van der Waals surface area contributed by atoms with Crippen molar-refractivity contribution >= 4 is 17.5 Å². The third-order valence-corrected chi connectivity index (χ3v) is 3.86. The first-order valence-corrected chi connectivity index (χ1v) is 8.32. The topological polar surface area (TPSA) is 76.1 Å². The molecule has 2 N–H and O–H groups in total. The predicted octanol–water partition coefficient (Wildman–Crippen LogP) is 3.80. The maximum Gasteiger partial charge on any atom is 0.274 e. The van der Waals surface area contributed by atoms with Crippen LogP contribution in [-0.4, -0.2) is 23.0 Å². The molecular weight excluding hydrogens is 347 g/mol. The molecule has 0 unspecified atom stereocenters. The second kappa shape index (κ2) is 8.27. The van der Waals surface area contributed by atoms with Crippen LogP contribution in [0.3, 0.4) is 0 Å². The number of amides is 1. The summed E-state index contributed by atoms with van der Waals surface area (Å²) in [7, 11) is 1.54. The van der Waals surface area contributed by atoms with Crippen LogP contribution in [0.4, 0.5) is 16.0 Å². The van der Waals surface area contributed by atoms with Crippen molar-refractivity contribution in [3.05, 3.63) is 77.4 Å². The summed E-state index contributed by atoms with van der Waals surface area (Å²) in [5, 5.41) is 5.82. The first-order chi connectivity index (χ1) is 13.0. The minimum Gasteiger partial charge on any atom is -0.495 e. The van der Waals surface area contributed by atoms with Gasteiger partial charge in [-0.3, -0.25) is 4.79 Å². The molecule has 2 aromatic carbocycles. The number of aryl methyl sites for hydroxylation is 1. The van der Waals surface area contributed by atoms with Crippen LogP contribution < -0.4 is 15.4 Å². The van der Waals surface area contributed by atoms with Gasteiger partial charge in [0.25, 0.3) is 5.91 Å². The molecule has 3 rings (SSSR count). The molecule has 1 heterocycles. The third-order valence-electron chi connectivity index (χ3n) is 3.86. The highest BCUT2D eigenvalue weighted by atomic mass is 19.1. The molecule has 0 fully saturated rings. The molecule has 3 aromatic rings. The van der Waals surface area contributed by atoms with Crippen LogP contribution in [0.5, 0.6) is 5.75 Å². The third kappa shape index (κ3) is 4.78. The summed E-state index contributed by atoms with van der Waals surface area (Å²) in [6.07, 6.45) is 1.50. The van der Waals surface area contributed by atoms with Gasteiger partial charge in [-0.2, -0.15) is 0 Å². The standard InChI is InChI=1S/C20H19FN4O2/c1-13-3-8-18(27-2)17(11-13)24-19(26)16-9-10-22-20(25-16)23-12-14-4-6-15(21)7-5-14/h3-11H,12H2,1-2H3,(H,24,26)(H,22,23,25). The van der Waals surface area contributed by atoms with Crippen LogP contribution >= 0.6 is 0 Å².